The minimum Gasteiger partial charge on any atom is -0.467 e. The van der Waals surface area contributed by atoms with E-state index in [2.05, 4.69) is 0 Å². The Morgan fingerprint density at radius 1 is 1.14 bits per heavy atom. The van der Waals surface area contributed by atoms with Gasteiger partial charge in [0.05, 0.1) is 20.8 Å². The van der Waals surface area contributed by atoms with E-state index in [1.54, 1.807) is 12.1 Å². The summed E-state index contributed by atoms with van der Waals surface area (Å²) in [5.74, 6) is -1.62. The first-order chi connectivity index (χ1) is 9.97. The van der Waals surface area contributed by atoms with E-state index < -0.39 is 17.5 Å². The fourth-order valence-corrected chi connectivity index (χ4v) is 2.73. The highest BCUT2D eigenvalue weighted by atomic mass is 16.5. The third-order valence-corrected chi connectivity index (χ3v) is 3.62. The molecule has 1 aromatic carbocycles. The SMILES string of the molecule is COC(=O)C1(C(=O)OC)Cc2ccccc2N1CC(C)=O. The Labute approximate surface area is 122 Å². The number of hydrogen-bond donors (Lipinski definition) is 0. The number of fused-ring (bicyclic) bond motifs is 1. The molecule has 0 radical (unpaired) electrons. The predicted octanol–water partition coefficient (Wildman–Crippen LogP) is 0.723. The number of ether oxygens (including phenoxy) is 2. The van der Waals surface area contributed by atoms with Gasteiger partial charge < -0.3 is 14.4 Å². The number of nitrogens with zero attached hydrogens (tertiary/aromatic N) is 1. The van der Waals surface area contributed by atoms with Gasteiger partial charge in [-0.3, -0.25) is 4.79 Å². The molecule has 0 aromatic heterocycles. The van der Waals surface area contributed by atoms with Crippen molar-refractivity contribution in [3.05, 3.63) is 29.8 Å². The Bertz CT molecular complexity index is 579. The molecule has 0 saturated carbocycles. The molecule has 21 heavy (non-hydrogen) atoms. The van der Waals surface area contributed by atoms with Crippen LogP contribution in [0.15, 0.2) is 24.3 Å². The first kappa shape index (κ1) is 15.0. The zero-order valence-corrected chi connectivity index (χ0v) is 12.2. The summed E-state index contributed by atoms with van der Waals surface area (Å²) in [6.45, 7) is 1.33. The summed E-state index contributed by atoms with van der Waals surface area (Å²) >= 11 is 0. The molecule has 6 heteroatoms. The Kier molecular flexibility index (Phi) is 3.97. The van der Waals surface area contributed by atoms with Crippen LogP contribution < -0.4 is 4.90 Å². The molecular weight excluding hydrogens is 274 g/mol. The second kappa shape index (κ2) is 5.55. The normalized spacial score (nSPS) is 15.3. The van der Waals surface area contributed by atoms with Crippen LogP contribution in [0.3, 0.4) is 0 Å². The van der Waals surface area contributed by atoms with Crippen LogP contribution in [-0.4, -0.2) is 44.0 Å². The van der Waals surface area contributed by atoms with Crippen molar-refractivity contribution in [2.24, 2.45) is 0 Å². The Hall–Kier alpha value is -2.37. The van der Waals surface area contributed by atoms with Gasteiger partial charge in [-0.25, -0.2) is 9.59 Å². The van der Waals surface area contributed by atoms with Crippen molar-refractivity contribution in [3.8, 4) is 0 Å². The number of carbonyl (C=O) groups is 3. The van der Waals surface area contributed by atoms with Crippen molar-refractivity contribution in [2.45, 2.75) is 18.9 Å². The molecule has 0 unspecified atom stereocenters. The van der Waals surface area contributed by atoms with E-state index >= 15 is 0 Å². The van der Waals surface area contributed by atoms with Crippen molar-refractivity contribution in [1.29, 1.82) is 0 Å². The zero-order valence-electron chi connectivity index (χ0n) is 12.2. The number of methoxy groups -OCH3 is 2. The molecule has 1 aliphatic heterocycles. The molecule has 112 valence electrons. The molecule has 0 fully saturated rings. The second-order valence-corrected chi connectivity index (χ2v) is 4.94. The summed E-state index contributed by atoms with van der Waals surface area (Å²) in [6.07, 6.45) is 0.121. The molecular formula is C15H17NO5. The van der Waals surface area contributed by atoms with Crippen molar-refractivity contribution in [3.63, 3.8) is 0 Å². The largest absolute Gasteiger partial charge is 0.467 e. The summed E-state index contributed by atoms with van der Waals surface area (Å²) in [5, 5.41) is 0. The third-order valence-electron chi connectivity index (χ3n) is 3.62. The van der Waals surface area contributed by atoms with Crippen LogP contribution in [0.2, 0.25) is 0 Å². The van der Waals surface area contributed by atoms with Crippen LogP contribution >= 0.6 is 0 Å². The van der Waals surface area contributed by atoms with Gasteiger partial charge in [-0.2, -0.15) is 0 Å². The number of Topliss-reactive ketones (excluding diaryl/α,β-unsaturated/α-hetero) is 1. The van der Waals surface area contributed by atoms with Gasteiger partial charge in [0, 0.05) is 12.1 Å². The molecule has 0 bridgehead atoms. The topological polar surface area (TPSA) is 72.9 Å². The van der Waals surface area contributed by atoms with E-state index in [-0.39, 0.29) is 18.7 Å². The molecule has 0 saturated heterocycles. The van der Waals surface area contributed by atoms with Crippen LogP contribution in [-0.2, 0) is 30.3 Å². The third kappa shape index (κ3) is 2.26. The molecule has 0 amide bonds. The summed E-state index contributed by atoms with van der Waals surface area (Å²) in [4.78, 5) is 37.7. The first-order valence-electron chi connectivity index (χ1n) is 6.49. The van der Waals surface area contributed by atoms with E-state index in [0.29, 0.717) is 5.69 Å². The van der Waals surface area contributed by atoms with Gasteiger partial charge in [-0.1, -0.05) is 18.2 Å². The lowest BCUT2D eigenvalue weighted by molar-refractivity contribution is -0.160. The van der Waals surface area contributed by atoms with Crippen LogP contribution in [0.5, 0.6) is 0 Å². The monoisotopic (exact) mass is 291 g/mol. The van der Waals surface area contributed by atoms with Crippen molar-refractivity contribution in [1.82, 2.24) is 0 Å². The van der Waals surface area contributed by atoms with Gasteiger partial charge in [-0.05, 0) is 18.6 Å². The molecule has 1 aromatic rings. The van der Waals surface area contributed by atoms with E-state index in [0.717, 1.165) is 5.56 Å². The number of esters is 2. The standard InChI is InChI=1S/C15H17NO5/c1-10(17)9-16-12-7-5-4-6-11(12)8-15(16,13(18)20-2)14(19)21-3/h4-7H,8-9H2,1-3H3. The number of carbonyl (C=O) groups excluding carboxylic acids is 3. The van der Waals surface area contributed by atoms with Gasteiger partial charge in [0.2, 0.25) is 5.54 Å². The average Bonchev–Trinajstić information content (AvgIpc) is 2.80. The highest BCUT2D eigenvalue weighted by Crippen LogP contribution is 2.40. The molecule has 0 N–H and O–H groups in total. The van der Waals surface area contributed by atoms with Gasteiger partial charge in [-0.15, -0.1) is 0 Å². The number of para-hydroxylation sites is 1. The number of hydrogen-bond acceptors (Lipinski definition) is 6. The second-order valence-electron chi connectivity index (χ2n) is 4.94. The van der Waals surface area contributed by atoms with E-state index in [1.165, 1.54) is 26.0 Å². The summed E-state index contributed by atoms with van der Waals surface area (Å²) in [6, 6.07) is 7.19. The lowest BCUT2D eigenvalue weighted by atomic mass is 9.94. The van der Waals surface area contributed by atoms with E-state index in [1.807, 2.05) is 12.1 Å². The number of anilines is 1. The number of rotatable bonds is 4. The van der Waals surface area contributed by atoms with Crippen LogP contribution in [0.25, 0.3) is 0 Å². The van der Waals surface area contributed by atoms with Crippen LogP contribution in [0, 0.1) is 0 Å². The van der Waals surface area contributed by atoms with E-state index in [9.17, 15) is 14.4 Å². The quantitative estimate of drug-likeness (QED) is 0.601. The summed E-state index contributed by atoms with van der Waals surface area (Å²) < 4.78 is 9.62. The maximum absolute atomic E-state index is 12.3. The highest BCUT2D eigenvalue weighted by molar-refractivity contribution is 6.11. The maximum Gasteiger partial charge on any atom is 0.343 e. The van der Waals surface area contributed by atoms with Crippen molar-refractivity contribution >= 4 is 23.4 Å². The molecule has 6 nitrogen and oxygen atoms in total. The fraction of sp³-hybridized carbons (Fsp3) is 0.400. The Balaban J connectivity index is 2.61. The lowest BCUT2D eigenvalue weighted by Gasteiger charge is -2.34. The van der Waals surface area contributed by atoms with Gasteiger partial charge >= 0.3 is 11.9 Å². The average molecular weight is 291 g/mol. The minimum atomic E-state index is -1.64. The lowest BCUT2D eigenvalue weighted by Crippen LogP contribution is -2.61. The van der Waals surface area contributed by atoms with E-state index in [4.69, 9.17) is 9.47 Å². The first-order valence-corrected chi connectivity index (χ1v) is 6.49. The summed E-state index contributed by atoms with van der Waals surface area (Å²) in [5.41, 5.74) is -0.170. The zero-order chi connectivity index (χ0) is 15.6. The molecule has 0 spiro atoms. The molecule has 0 atom stereocenters. The van der Waals surface area contributed by atoms with Crippen LogP contribution in [0.1, 0.15) is 12.5 Å². The fourth-order valence-electron chi connectivity index (χ4n) is 2.73. The maximum atomic E-state index is 12.3. The van der Waals surface area contributed by atoms with Crippen molar-refractivity contribution < 1.29 is 23.9 Å². The molecule has 1 heterocycles. The van der Waals surface area contributed by atoms with Gasteiger partial charge in [0.15, 0.2) is 0 Å². The molecule has 2 rings (SSSR count). The number of ketones is 1. The Morgan fingerprint density at radius 2 is 1.71 bits per heavy atom. The summed E-state index contributed by atoms with van der Waals surface area (Å²) in [7, 11) is 2.42. The predicted molar refractivity (Wildman–Crippen MR) is 74.9 cm³/mol. The van der Waals surface area contributed by atoms with Gasteiger partial charge in [0.1, 0.15) is 5.78 Å². The van der Waals surface area contributed by atoms with Crippen LogP contribution in [0.4, 0.5) is 5.69 Å². The smallest absolute Gasteiger partial charge is 0.343 e. The van der Waals surface area contributed by atoms with Gasteiger partial charge in [0.25, 0.3) is 0 Å². The number of benzene rings is 1. The molecule has 1 aliphatic rings. The highest BCUT2D eigenvalue weighted by Gasteiger charge is 2.58. The molecule has 0 aliphatic carbocycles. The minimum absolute atomic E-state index is 0.0682. The Morgan fingerprint density at radius 3 is 2.24 bits per heavy atom. The van der Waals surface area contributed by atoms with Crippen molar-refractivity contribution in [2.75, 3.05) is 25.7 Å².